The summed E-state index contributed by atoms with van der Waals surface area (Å²) in [4.78, 5) is 11.9. The summed E-state index contributed by atoms with van der Waals surface area (Å²) in [7, 11) is 0. The molecule has 0 aliphatic carbocycles. The van der Waals surface area contributed by atoms with Crippen LogP contribution in [0.5, 0.6) is 0 Å². The second kappa shape index (κ2) is 8.55. The summed E-state index contributed by atoms with van der Waals surface area (Å²) in [5.74, 6) is -0.321. The first-order chi connectivity index (χ1) is 11.9. The molecule has 2 aromatic rings. The van der Waals surface area contributed by atoms with E-state index in [1.54, 1.807) is 0 Å². The molecule has 2 aromatic carbocycles. The Morgan fingerprint density at radius 3 is 2.40 bits per heavy atom. The first kappa shape index (κ1) is 18.8. The number of hydrogen-bond donors (Lipinski definition) is 2. The van der Waals surface area contributed by atoms with Crippen molar-refractivity contribution in [2.75, 3.05) is 17.2 Å². The molecule has 0 atom stereocenters. The number of rotatable bonds is 7. The van der Waals surface area contributed by atoms with Crippen molar-refractivity contribution >= 4 is 17.3 Å². The third kappa shape index (κ3) is 6.14. The molecule has 1 amide bonds. The Balaban J connectivity index is 1.86. The van der Waals surface area contributed by atoms with E-state index in [2.05, 4.69) is 17.6 Å². The molecule has 134 valence electrons. The number of halogens is 3. The number of unbranched alkanes of at least 4 members (excludes halogenated alkanes) is 1. The number of amides is 1. The lowest BCUT2D eigenvalue weighted by Gasteiger charge is -2.11. The van der Waals surface area contributed by atoms with E-state index in [1.165, 1.54) is 17.7 Å². The summed E-state index contributed by atoms with van der Waals surface area (Å²) >= 11 is 0. The highest BCUT2D eigenvalue weighted by molar-refractivity contribution is 5.93. The first-order valence-electron chi connectivity index (χ1n) is 8.18. The van der Waals surface area contributed by atoms with Gasteiger partial charge in [0.25, 0.3) is 0 Å². The lowest BCUT2D eigenvalue weighted by molar-refractivity contribution is -0.137. The Hall–Kier alpha value is -2.50. The molecule has 0 aliphatic heterocycles. The zero-order chi connectivity index (χ0) is 18.3. The molecule has 2 N–H and O–H groups in total. The van der Waals surface area contributed by atoms with Gasteiger partial charge < -0.3 is 10.6 Å². The molecular weight excluding hydrogens is 329 g/mol. The minimum Gasteiger partial charge on any atom is -0.376 e. The van der Waals surface area contributed by atoms with Gasteiger partial charge in [-0.15, -0.1) is 0 Å². The van der Waals surface area contributed by atoms with Crippen molar-refractivity contribution in [1.29, 1.82) is 0 Å². The molecule has 0 saturated carbocycles. The predicted molar refractivity (Wildman–Crippen MR) is 93.6 cm³/mol. The molecule has 2 rings (SSSR count). The van der Waals surface area contributed by atoms with Crippen LogP contribution in [0, 0.1) is 0 Å². The molecular formula is C19H21F3N2O. The van der Waals surface area contributed by atoms with Gasteiger partial charge in [-0.25, -0.2) is 0 Å². The fourth-order valence-corrected chi connectivity index (χ4v) is 2.33. The van der Waals surface area contributed by atoms with Crippen LogP contribution in [0.25, 0.3) is 0 Å². The zero-order valence-corrected chi connectivity index (χ0v) is 14.0. The van der Waals surface area contributed by atoms with Crippen molar-refractivity contribution < 1.29 is 18.0 Å². The number of nitrogens with one attached hydrogen (secondary N) is 2. The summed E-state index contributed by atoms with van der Waals surface area (Å²) in [5, 5.41) is 5.42. The van der Waals surface area contributed by atoms with Gasteiger partial charge in [-0.1, -0.05) is 31.5 Å². The van der Waals surface area contributed by atoms with Gasteiger partial charge >= 0.3 is 6.18 Å². The Labute approximate surface area is 145 Å². The van der Waals surface area contributed by atoms with E-state index in [4.69, 9.17) is 0 Å². The molecule has 0 spiro atoms. The van der Waals surface area contributed by atoms with Gasteiger partial charge in [0.1, 0.15) is 0 Å². The molecule has 0 aromatic heterocycles. The van der Waals surface area contributed by atoms with Gasteiger partial charge in [0, 0.05) is 11.4 Å². The van der Waals surface area contributed by atoms with Gasteiger partial charge in [0.2, 0.25) is 5.91 Å². The Bertz CT molecular complexity index is 697. The molecule has 0 heterocycles. The number of carbonyl (C=O) groups is 1. The smallest absolute Gasteiger partial charge is 0.376 e. The van der Waals surface area contributed by atoms with E-state index >= 15 is 0 Å². The normalized spacial score (nSPS) is 11.2. The maximum atomic E-state index is 12.7. The first-order valence-corrected chi connectivity index (χ1v) is 8.18. The van der Waals surface area contributed by atoms with Crippen LogP contribution in [0.4, 0.5) is 24.5 Å². The van der Waals surface area contributed by atoms with Crippen molar-refractivity contribution in [3.63, 3.8) is 0 Å². The summed E-state index contributed by atoms with van der Waals surface area (Å²) in [5.41, 5.74) is 1.37. The molecule has 3 nitrogen and oxygen atoms in total. The molecule has 6 heteroatoms. The Kier molecular flexibility index (Phi) is 6.44. The van der Waals surface area contributed by atoms with Crippen LogP contribution >= 0.6 is 0 Å². The third-order valence-corrected chi connectivity index (χ3v) is 3.70. The van der Waals surface area contributed by atoms with Gasteiger partial charge in [-0.2, -0.15) is 13.2 Å². The molecule has 0 bridgehead atoms. The van der Waals surface area contributed by atoms with E-state index in [9.17, 15) is 18.0 Å². The average molecular weight is 350 g/mol. The van der Waals surface area contributed by atoms with Crippen molar-refractivity contribution in [3.05, 3.63) is 59.7 Å². The zero-order valence-electron chi connectivity index (χ0n) is 14.0. The summed E-state index contributed by atoms with van der Waals surface area (Å²) in [6.07, 6.45) is -1.16. The van der Waals surface area contributed by atoms with Gasteiger partial charge in [0.15, 0.2) is 0 Å². The largest absolute Gasteiger partial charge is 0.416 e. The van der Waals surface area contributed by atoms with Crippen molar-refractivity contribution in [2.24, 2.45) is 0 Å². The minimum atomic E-state index is -4.40. The van der Waals surface area contributed by atoms with Gasteiger partial charge in [0.05, 0.1) is 12.1 Å². The molecule has 25 heavy (non-hydrogen) atoms. The second-order valence-corrected chi connectivity index (χ2v) is 5.78. The van der Waals surface area contributed by atoms with Gasteiger partial charge in [-0.05, 0) is 48.7 Å². The lowest BCUT2D eigenvalue weighted by atomic mass is 10.1. The number of hydrogen-bond acceptors (Lipinski definition) is 2. The Morgan fingerprint density at radius 1 is 1.04 bits per heavy atom. The van der Waals surface area contributed by atoms with Crippen LogP contribution in [0.3, 0.4) is 0 Å². The minimum absolute atomic E-state index is 0.112. The number of alkyl halides is 3. The van der Waals surface area contributed by atoms with Crippen LogP contribution in [0.1, 0.15) is 30.9 Å². The SMILES string of the molecule is CCCCc1ccc(NC(=O)CNc2cccc(C(F)(F)F)c2)cc1. The average Bonchev–Trinajstić information content (AvgIpc) is 2.59. The number of anilines is 2. The van der Waals surface area contributed by atoms with Crippen LogP contribution < -0.4 is 10.6 Å². The Morgan fingerprint density at radius 2 is 1.76 bits per heavy atom. The standard InChI is InChI=1S/C19H21F3N2O/c1-2-3-5-14-8-10-16(11-9-14)24-18(25)13-23-17-7-4-6-15(12-17)19(20,21)22/h4,6-12,23H,2-3,5,13H2,1H3,(H,24,25). The highest BCUT2D eigenvalue weighted by atomic mass is 19.4. The van der Waals surface area contributed by atoms with E-state index in [0.29, 0.717) is 5.69 Å². The topological polar surface area (TPSA) is 41.1 Å². The quantitative estimate of drug-likeness (QED) is 0.729. The van der Waals surface area contributed by atoms with E-state index in [0.717, 1.165) is 31.4 Å². The highest BCUT2D eigenvalue weighted by Crippen LogP contribution is 2.30. The predicted octanol–water partition coefficient (Wildman–Crippen LogP) is 5.10. The van der Waals surface area contributed by atoms with Crippen LogP contribution in [-0.4, -0.2) is 12.5 Å². The molecule has 0 unspecified atom stereocenters. The lowest BCUT2D eigenvalue weighted by Crippen LogP contribution is -2.21. The third-order valence-electron chi connectivity index (χ3n) is 3.70. The van der Waals surface area contributed by atoms with Crippen molar-refractivity contribution in [2.45, 2.75) is 32.4 Å². The van der Waals surface area contributed by atoms with E-state index in [1.807, 2.05) is 24.3 Å². The maximum absolute atomic E-state index is 12.7. The van der Waals surface area contributed by atoms with Crippen LogP contribution in [-0.2, 0) is 17.4 Å². The van der Waals surface area contributed by atoms with Crippen LogP contribution in [0.2, 0.25) is 0 Å². The monoisotopic (exact) mass is 350 g/mol. The second-order valence-electron chi connectivity index (χ2n) is 5.78. The van der Waals surface area contributed by atoms with Crippen molar-refractivity contribution in [1.82, 2.24) is 0 Å². The van der Waals surface area contributed by atoms with Crippen molar-refractivity contribution in [3.8, 4) is 0 Å². The van der Waals surface area contributed by atoms with E-state index in [-0.39, 0.29) is 18.1 Å². The molecule has 0 saturated heterocycles. The number of carbonyl (C=O) groups excluding carboxylic acids is 1. The number of benzene rings is 2. The molecule has 0 aliphatic rings. The fourth-order valence-electron chi connectivity index (χ4n) is 2.33. The summed E-state index contributed by atoms with van der Waals surface area (Å²) in [6, 6.07) is 12.3. The molecule has 0 fully saturated rings. The summed E-state index contributed by atoms with van der Waals surface area (Å²) < 4.78 is 38.0. The van der Waals surface area contributed by atoms with E-state index < -0.39 is 11.7 Å². The van der Waals surface area contributed by atoms with Gasteiger partial charge in [-0.3, -0.25) is 4.79 Å². The fraction of sp³-hybridized carbons (Fsp3) is 0.316. The summed E-state index contributed by atoms with van der Waals surface area (Å²) in [6.45, 7) is 2.02. The molecule has 0 radical (unpaired) electrons. The number of aryl methyl sites for hydroxylation is 1. The van der Waals surface area contributed by atoms with Crippen LogP contribution in [0.15, 0.2) is 48.5 Å². The highest BCUT2D eigenvalue weighted by Gasteiger charge is 2.30. The maximum Gasteiger partial charge on any atom is 0.416 e.